The summed E-state index contributed by atoms with van der Waals surface area (Å²) in [4.78, 5) is 0. The van der Waals surface area contributed by atoms with Gasteiger partial charge < -0.3 is 5.32 Å². The van der Waals surface area contributed by atoms with E-state index < -0.39 is 0 Å². The van der Waals surface area contributed by atoms with Crippen molar-refractivity contribution in [2.45, 2.75) is 32.7 Å². The van der Waals surface area contributed by atoms with Gasteiger partial charge in [-0.05, 0) is 19.4 Å². The molecule has 0 heterocycles. The number of rotatable bonds is 5. The fourth-order valence-corrected chi connectivity index (χ4v) is 0.724. The van der Waals surface area contributed by atoms with Crippen molar-refractivity contribution in [3.63, 3.8) is 0 Å². The first-order valence-corrected chi connectivity index (χ1v) is 3.71. The third kappa shape index (κ3) is 6.12. The van der Waals surface area contributed by atoms with E-state index in [0.717, 1.165) is 13.0 Å². The Hall–Kier alpha value is -0.0100. The van der Waals surface area contributed by atoms with Crippen molar-refractivity contribution in [2.24, 2.45) is 0 Å². The summed E-state index contributed by atoms with van der Waals surface area (Å²) < 4.78 is 0. The average molecular weight is 164 g/mol. The van der Waals surface area contributed by atoms with Crippen LogP contribution in [0.2, 0.25) is 0 Å². The molecule has 0 aromatic rings. The van der Waals surface area contributed by atoms with Crippen LogP contribution in [-0.4, -0.2) is 12.6 Å². The quantitative estimate of drug-likeness (QED) is 0.614. The van der Waals surface area contributed by atoms with Crippen molar-refractivity contribution in [2.75, 3.05) is 6.54 Å². The van der Waals surface area contributed by atoms with Gasteiger partial charge in [0, 0.05) is 6.04 Å². The smallest absolute Gasteiger partial charge is 0.0244 e. The highest BCUT2D eigenvalue weighted by Gasteiger charge is 1.95. The van der Waals surface area contributed by atoms with E-state index in [1.54, 1.807) is 0 Å². The van der Waals surface area contributed by atoms with E-state index in [4.69, 9.17) is 0 Å². The largest absolute Gasteiger partial charge is 0.311 e. The molecular weight excluding hydrogens is 146 g/mol. The van der Waals surface area contributed by atoms with Gasteiger partial charge in [-0.3, -0.25) is 0 Å². The van der Waals surface area contributed by atoms with Crippen LogP contribution in [0.5, 0.6) is 0 Å². The summed E-state index contributed by atoms with van der Waals surface area (Å²) in [7, 11) is 0. The molecule has 0 aromatic carbocycles. The first-order valence-electron chi connectivity index (χ1n) is 3.71. The molecule has 0 aliphatic carbocycles. The first-order chi connectivity index (χ1) is 4.35. The minimum atomic E-state index is 0. The second-order valence-electron chi connectivity index (χ2n) is 2.20. The highest BCUT2D eigenvalue weighted by Crippen LogP contribution is 1.90. The van der Waals surface area contributed by atoms with Crippen molar-refractivity contribution >= 4 is 12.4 Å². The maximum Gasteiger partial charge on any atom is 0.0244 e. The van der Waals surface area contributed by atoms with Gasteiger partial charge in [-0.1, -0.05) is 19.9 Å². The Kier molecular flexibility index (Phi) is 11.4. The Morgan fingerprint density at radius 2 is 2.10 bits per heavy atom. The number of halogens is 1. The molecule has 0 rings (SSSR count). The third-order valence-electron chi connectivity index (χ3n) is 1.38. The van der Waals surface area contributed by atoms with E-state index in [1.807, 2.05) is 6.08 Å². The van der Waals surface area contributed by atoms with Crippen LogP contribution in [0, 0.1) is 0 Å². The Labute approximate surface area is 70.3 Å². The van der Waals surface area contributed by atoms with Crippen molar-refractivity contribution in [3.8, 4) is 0 Å². The van der Waals surface area contributed by atoms with Crippen molar-refractivity contribution in [1.29, 1.82) is 0 Å². The molecule has 0 saturated heterocycles. The summed E-state index contributed by atoms with van der Waals surface area (Å²) in [6, 6.07) is 0.518. The van der Waals surface area contributed by atoms with Crippen molar-refractivity contribution in [1.82, 2.24) is 5.32 Å². The molecule has 62 valence electrons. The van der Waals surface area contributed by atoms with Gasteiger partial charge in [0.15, 0.2) is 0 Å². The maximum absolute atomic E-state index is 3.72. The van der Waals surface area contributed by atoms with E-state index in [2.05, 4.69) is 25.7 Å². The lowest BCUT2D eigenvalue weighted by molar-refractivity contribution is 0.575. The van der Waals surface area contributed by atoms with Crippen LogP contribution >= 0.6 is 12.4 Å². The van der Waals surface area contributed by atoms with E-state index >= 15 is 0 Å². The lowest BCUT2D eigenvalue weighted by Crippen LogP contribution is -2.26. The fourth-order valence-electron chi connectivity index (χ4n) is 0.724. The van der Waals surface area contributed by atoms with Crippen LogP contribution in [0.3, 0.4) is 0 Å². The second kappa shape index (κ2) is 8.99. The maximum atomic E-state index is 3.72. The zero-order chi connectivity index (χ0) is 7.11. The molecule has 1 atom stereocenters. The molecule has 0 radical (unpaired) electrons. The molecule has 1 unspecified atom stereocenters. The number of hydrogen-bond donors (Lipinski definition) is 1. The minimum Gasteiger partial charge on any atom is -0.311 e. The van der Waals surface area contributed by atoms with Gasteiger partial charge in [-0.2, -0.15) is 0 Å². The number of nitrogens with one attached hydrogen (secondary N) is 1. The minimum absolute atomic E-state index is 0. The Bertz CT molecular complexity index is 73.7. The van der Waals surface area contributed by atoms with E-state index in [1.165, 1.54) is 6.42 Å². The number of hydrogen-bond acceptors (Lipinski definition) is 1. The molecule has 0 spiro atoms. The summed E-state index contributed by atoms with van der Waals surface area (Å²) >= 11 is 0. The molecule has 0 aliphatic rings. The van der Waals surface area contributed by atoms with Gasteiger partial charge in [-0.15, -0.1) is 19.0 Å². The van der Waals surface area contributed by atoms with Gasteiger partial charge in [0.2, 0.25) is 0 Å². The van der Waals surface area contributed by atoms with E-state index in [9.17, 15) is 0 Å². The van der Waals surface area contributed by atoms with Crippen LogP contribution in [0.4, 0.5) is 0 Å². The zero-order valence-electron chi connectivity index (χ0n) is 6.89. The average Bonchev–Trinajstić information content (AvgIpc) is 1.91. The highest BCUT2D eigenvalue weighted by atomic mass is 35.5. The zero-order valence-corrected chi connectivity index (χ0v) is 7.71. The van der Waals surface area contributed by atoms with Crippen LogP contribution in [-0.2, 0) is 0 Å². The Balaban J connectivity index is 0. The molecule has 10 heavy (non-hydrogen) atoms. The monoisotopic (exact) mass is 163 g/mol. The first kappa shape index (κ1) is 12.6. The van der Waals surface area contributed by atoms with Gasteiger partial charge in [0.25, 0.3) is 0 Å². The van der Waals surface area contributed by atoms with Crippen molar-refractivity contribution in [3.05, 3.63) is 12.7 Å². The van der Waals surface area contributed by atoms with Crippen LogP contribution in [0.15, 0.2) is 12.7 Å². The second-order valence-corrected chi connectivity index (χ2v) is 2.20. The van der Waals surface area contributed by atoms with Gasteiger partial charge in [0.05, 0.1) is 0 Å². The Morgan fingerprint density at radius 1 is 1.50 bits per heavy atom. The molecule has 0 fully saturated rings. The molecule has 1 nitrogen and oxygen atoms in total. The van der Waals surface area contributed by atoms with Gasteiger partial charge in [0.1, 0.15) is 0 Å². The predicted molar refractivity (Wildman–Crippen MR) is 49.8 cm³/mol. The van der Waals surface area contributed by atoms with Crippen LogP contribution < -0.4 is 5.32 Å². The summed E-state index contributed by atoms with van der Waals surface area (Å²) in [6.07, 6.45) is 4.31. The molecule has 1 N–H and O–H groups in total. The standard InChI is InChI=1S/C8H17N.ClH/c1-4-7-9-8(5-2)6-3;/h5,8-9H,2,4,6-7H2,1,3H3;1H. The summed E-state index contributed by atoms with van der Waals surface area (Å²) in [5, 5.41) is 3.35. The summed E-state index contributed by atoms with van der Waals surface area (Å²) in [6.45, 7) is 9.16. The van der Waals surface area contributed by atoms with Crippen LogP contribution in [0.25, 0.3) is 0 Å². The molecule has 2 heteroatoms. The van der Waals surface area contributed by atoms with Crippen molar-refractivity contribution < 1.29 is 0 Å². The van der Waals surface area contributed by atoms with E-state index in [-0.39, 0.29) is 12.4 Å². The highest BCUT2D eigenvalue weighted by molar-refractivity contribution is 5.85. The third-order valence-corrected chi connectivity index (χ3v) is 1.38. The lowest BCUT2D eigenvalue weighted by Gasteiger charge is -2.09. The molecule has 0 aliphatic heterocycles. The molecule has 0 aromatic heterocycles. The van der Waals surface area contributed by atoms with Crippen LogP contribution in [0.1, 0.15) is 26.7 Å². The molecular formula is C8H18ClN. The summed E-state index contributed by atoms with van der Waals surface area (Å²) in [5.41, 5.74) is 0. The van der Waals surface area contributed by atoms with Gasteiger partial charge >= 0.3 is 0 Å². The molecule has 0 bridgehead atoms. The fraction of sp³-hybridized carbons (Fsp3) is 0.750. The predicted octanol–water partition coefficient (Wildman–Crippen LogP) is 2.37. The molecule has 0 amide bonds. The van der Waals surface area contributed by atoms with Gasteiger partial charge in [-0.25, -0.2) is 0 Å². The Morgan fingerprint density at radius 3 is 2.40 bits per heavy atom. The normalized spacial score (nSPS) is 11.8. The lowest BCUT2D eigenvalue weighted by atomic mass is 10.2. The SMILES string of the molecule is C=CC(CC)NCCC.Cl. The molecule has 0 saturated carbocycles. The topological polar surface area (TPSA) is 12.0 Å². The summed E-state index contributed by atoms with van der Waals surface area (Å²) in [5.74, 6) is 0. The van der Waals surface area contributed by atoms with E-state index in [0.29, 0.717) is 6.04 Å².